The molecule has 0 spiro atoms. The highest BCUT2D eigenvalue weighted by atomic mass is 35.5. The number of halogens is 1. The molecule has 0 unspecified atom stereocenters. The summed E-state index contributed by atoms with van der Waals surface area (Å²) in [7, 11) is 0. The minimum absolute atomic E-state index is 0.116. The number of nitrogens with zero attached hydrogens (tertiary/aromatic N) is 1. The van der Waals surface area contributed by atoms with E-state index >= 15 is 0 Å². The number of aromatic amines is 1. The lowest BCUT2D eigenvalue weighted by atomic mass is 10.1. The lowest BCUT2D eigenvalue weighted by molar-refractivity contribution is 0.0950. The fourth-order valence-electron chi connectivity index (χ4n) is 2.93. The van der Waals surface area contributed by atoms with Crippen molar-refractivity contribution in [3.63, 3.8) is 0 Å². The van der Waals surface area contributed by atoms with Crippen molar-refractivity contribution < 1.29 is 4.79 Å². The van der Waals surface area contributed by atoms with Crippen LogP contribution in [0.5, 0.6) is 0 Å². The second-order valence-corrected chi connectivity index (χ2v) is 6.36. The molecule has 0 saturated heterocycles. The highest BCUT2D eigenvalue weighted by Crippen LogP contribution is 2.23. The van der Waals surface area contributed by atoms with Gasteiger partial charge in [-0.1, -0.05) is 41.9 Å². The maximum atomic E-state index is 12.4. The average Bonchev–Trinajstić information content (AvgIpc) is 3.08. The Kier molecular flexibility index (Phi) is 4.12. The molecule has 0 atom stereocenters. The molecular formula is C20H16ClN3O. The third-order valence-electron chi connectivity index (χ3n) is 4.22. The Bertz CT molecular complexity index is 1050. The number of nitrogens with one attached hydrogen (secondary N) is 2. The summed E-state index contributed by atoms with van der Waals surface area (Å²) in [5, 5.41) is 5.69. The average molecular weight is 350 g/mol. The molecule has 25 heavy (non-hydrogen) atoms. The molecule has 4 aromatic rings. The van der Waals surface area contributed by atoms with E-state index in [2.05, 4.69) is 15.3 Å². The van der Waals surface area contributed by atoms with Gasteiger partial charge in [0.05, 0.1) is 11.0 Å². The molecule has 5 heteroatoms. The fraction of sp³-hybridized carbons (Fsp3) is 0.100. The first-order chi connectivity index (χ1) is 12.2. The lowest BCUT2D eigenvalue weighted by Crippen LogP contribution is -2.25. The molecule has 2 aromatic heterocycles. The molecule has 0 aliphatic heterocycles. The van der Waals surface area contributed by atoms with Crippen molar-refractivity contribution in [2.24, 2.45) is 0 Å². The van der Waals surface area contributed by atoms with Gasteiger partial charge in [-0.05, 0) is 36.2 Å². The van der Waals surface area contributed by atoms with E-state index in [0.717, 1.165) is 33.8 Å². The van der Waals surface area contributed by atoms with Crippen LogP contribution in [0, 0.1) is 0 Å². The van der Waals surface area contributed by atoms with Gasteiger partial charge < -0.3 is 10.3 Å². The third-order valence-corrected chi connectivity index (χ3v) is 4.48. The zero-order valence-electron chi connectivity index (χ0n) is 13.4. The summed E-state index contributed by atoms with van der Waals surface area (Å²) in [6, 6.07) is 17.4. The van der Waals surface area contributed by atoms with Crippen molar-refractivity contribution in [3.05, 3.63) is 77.1 Å². The van der Waals surface area contributed by atoms with Gasteiger partial charge in [0, 0.05) is 28.5 Å². The number of fused-ring (bicyclic) bond motifs is 3. The highest BCUT2D eigenvalue weighted by molar-refractivity contribution is 6.30. The third kappa shape index (κ3) is 3.21. The van der Waals surface area contributed by atoms with Gasteiger partial charge in [-0.15, -0.1) is 0 Å². The number of hydrogen-bond acceptors (Lipinski definition) is 2. The number of benzene rings is 2. The second kappa shape index (κ2) is 6.57. The van der Waals surface area contributed by atoms with Crippen molar-refractivity contribution in [2.45, 2.75) is 6.42 Å². The van der Waals surface area contributed by atoms with E-state index in [1.807, 2.05) is 54.6 Å². The smallest absolute Gasteiger partial charge is 0.267 e. The van der Waals surface area contributed by atoms with Gasteiger partial charge in [0.2, 0.25) is 0 Å². The molecule has 2 N–H and O–H groups in total. The van der Waals surface area contributed by atoms with Gasteiger partial charge in [0.1, 0.15) is 5.69 Å². The normalized spacial score (nSPS) is 11.1. The molecule has 4 nitrogen and oxygen atoms in total. The molecule has 0 aliphatic carbocycles. The molecule has 0 radical (unpaired) electrons. The Hall–Kier alpha value is -2.85. The number of pyridine rings is 1. The monoisotopic (exact) mass is 349 g/mol. The summed E-state index contributed by atoms with van der Waals surface area (Å²) in [6.45, 7) is 0.564. The van der Waals surface area contributed by atoms with Gasteiger partial charge in [0.15, 0.2) is 0 Å². The summed E-state index contributed by atoms with van der Waals surface area (Å²) in [4.78, 5) is 20.0. The van der Waals surface area contributed by atoms with Crippen LogP contribution in [-0.2, 0) is 6.42 Å². The molecule has 2 heterocycles. The number of hydrogen-bond donors (Lipinski definition) is 2. The molecule has 2 aromatic carbocycles. The first-order valence-corrected chi connectivity index (χ1v) is 8.47. The zero-order chi connectivity index (χ0) is 17.2. The first-order valence-electron chi connectivity index (χ1n) is 8.10. The number of aromatic nitrogens is 2. The predicted molar refractivity (Wildman–Crippen MR) is 101 cm³/mol. The lowest BCUT2D eigenvalue weighted by Gasteiger charge is -2.04. The maximum Gasteiger partial charge on any atom is 0.267 e. The molecule has 1 amide bonds. The van der Waals surface area contributed by atoms with Gasteiger partial charge >= 0.3 is 0 Å². The van der Waals surface area contributed by atoms with Crippen molar-refractivity contribution in [2.75, 3.05) is 6.54 Å². The van der Waals surface area contributed by atoms with Crippen LogP contribution in [0.4, 0.5) is 0 Å². The van der Waals surface area contributed by atoms with Crippen LogP contribution < -0.4 is 5.32 Å². The van der Waals surface area contributed by atoms with Crippen molar-refractivity contribution >= 4 is 39.3 Å². The molecule has 0 aliphatic rings. The Labute approximate surface area is 149 Å². The summed E-state index contributed by atoms with van der Waals surface area (Å²) in [5.74, 6) is -0.116. The van der Waals surface area contributed by atoms with Crippen LogP contribution in [-0.4, -0.2) is 22.4 Å². The quantitative estimate of drug-likeness (QED) is 0.575. The SMILES string of the molecule is O=C(NCCc1ccc(Cl)cc1)c1cc2ccc3cccnc3c2[nH]1. The Morgan fingerprint density at radius 2 is 1.88 bits per heavy atom. The van der Waals surface area contributed by atoms with Gasteiger partial charge in [-0.3, -0.25) is 9.78 Å². The van der Waals surface area contributed by atoms with Crippen LogP contribution in [0.2, 0.25) is 5.02 Å². The van der Waals surface area contributed by atoms with Crippen LogP contribution in [0.1, 0.15) is 16.1 Å². The van der Waals surface area contributed by atoms with Gasteiger partial charge in [-0.25, -0.2) is 0 Å². The minimum Gasteiger partial charge on any atom is -0.350 e. The number of carbonyl (C=O) groups excluding carboxylic acids is 1. The van der Waals surface area contributed by atoms with E-state index in [4.69, 9.17) is 11.6 Å². The molecule has 4 rings (SSSR count). The largest absolute Gasteiger partial charge is 0.350 e. The summed E-state index contributed by atoms with van der Waals surface area (Å²) in [6.07, 6.45) is 2.52. The number of rotatable bonds is 4. The highest BCUT2D eigenvalue weighted by Gasteiger charge is 2.11. The Morgan fingerprint density at radius 1 is 1.08 bits per heavy atom. The molecular weight excluding hydrogens is 334 g/mol. The number of H-pyrrole nitrogens is 1. The maximum absolute atomic E-state index is 12.4. The number of carbonyl (C=O) groups is 1. The molecule has 0 saturated carbocycles. The molecule has 0 fully saturated rings. The summed E-state index contributed by atoms with van der Waals surface area (Å²) in [5.41, 5.74) is 3.45. The molecule has 124 valence electrons. The molecule has 0 bridgehead atoms. The Balaban J connectivity index is 1.50. The topological polar surface area (TPSA) is 57.8 Å². The van der Waals surface area contributed by atoms with Crippen LogP contribution in [0.3, 0.4) is 0 Å². The van der Waals surface area contributed by atoms with E-state index in [-0.39, 0.29) is 5.91 Å². The predicted octanol–water partition coefficient (Wildman–Crippen LogP) is 4.34. The summed E-state index contributed by atoms with van der Waals surface area (Å²) < 4.78 is 0. The van der Waals surface area contributed by atoms with Crippen LogP contribution >= 0.6 is 11.6 Å². The van der Waals surface area contributed by atoms with E-state index in [9.17, 15) is 4.79 Å². The second-order valence-electron chi connectivity index (χ2n) is 5.92. The van der Waals surface area contributed by atoms with E-state index < -0.39 is 0 Å². The van der Waals surface area contributed by atoms with Gasteiger partial charge in [0.25, 0.3) is 5.91 Å². The van der Waals surface area contributed by atoms with Gasteiger partial charge in [-0.2, -0.15) is 0 Å². The first kappa shape index (κ1) is 15.7. The van der Waals surface area contributed by atoms with Crippen LogP contribution in [0.15, 0.2) is 60.8 Å². The van der Waals surface area contributed by atoms with E-state index in [1.165, 1.54) is 0 Å². The fourth-order valence-corrected chi connectivity index (χ4v) is 3.05. The minimum atomic E-state index is -0.116. The summed E-state index contributed by atoms with van der Waals surface area (Å²) >= 11 is 5.88. The van der Waals surface area contributed by atoms with E-state index in [1.54, 1.807) is 6.20 Å². The Morgan fingerprint density at radius 3 is 2.72 bits per heavy atom. The van der Waals surface area contributed by atoms with Crippen molar-refractivity contribution in [3.8, 4) is 0 Å². The van der Waals surface area contributed by atoms with Crippen LogP contribution in [0.25, 0.3) is 21.8 Å². The van der Waals surface area contributed by atoms with Crippen molar-refractivity contribution in [1.29, 1.82) is 0 Å². The van der Waals surface area contributed by atoms with Crippen molar-refractivity contribution in [1.82, 2.24) is 15.3 Å². The zero-order valence-corrected chi connectivity index (χ0v) is 14.2. The van der Waals surface area contributed by atoms with E-state index in [0.29, 0.717) is 17.3 Å². The number of amides is 1. The standard InChI is InChI=1S/C20H16ClN3O/c21-16-7-3-13(4-8-16)9-11-23-20(25)17-12-15-6-5-14-2-1-10-22-18(14)19(15)24-17/h1-8,10,12,24H,9,11H2,(H,23,25).